The number of nitrogens with one attached hydrogen (secondary N) is 1. The van der Waals surface area contributed by atoms with Crippen LogP contribution >= 0.6 is 27.7 Å². The quantitative estimate of drug-likeness (QED) is 0.632. The summed E-state index contributed by atoms with van der Waals surface area (Å²) in [4.78, 5) is 39.0. The zero-order valence-corrected chi connectivity index (χ0v) is 18.4. The Bertz CT molecular complexity index is 876. The van der Waals surface area contributed by atoms with E-state index in [-0.39, 0.29) is 11.3 Å². The van der Waals surface area contributed by atoms with Crippen molar-refractivity contribution < 1.29 is 29.0 Å². The molecule has 0 bridgehead atoms. The van der Waals surface area contributed by atoms with E-state index in [0.717, 1.165) is 0 Å². The molecule has 1 aromatic carbocycles. The molecule has 2 aliphatic heterocycles. The topological polar surface area (TPSA) is 105 Å². The number of halogens is 1. The fraction of sp³-hybridized carbons (Fsp3) is 0.500. The zero-order chi connectivity index (χ0) is 21.0. The van der Waals surface area contributed by atoms with E-state index in [2.05, 4.69) is 21.2 Å². The number of thioether (sulfide) groups is 1. The molecule has 2 heterocycles. The minimum absolute atomic E-state index is 0.156. The monoisotopic (exact) mass is 472 g/mol. The normalized spacial score (nSPS) is 27.6. The van der Waals surface area contributed by atoms with E-state index in [4.69, 9.17) is 9.47 Å². The maximum atomic E-state index is 13.1. The van der Waals surface area contributed by atoms with Gasteiger partial charge >= 0.3 is 5.97 Å². The second kappa shape index (κ2) is 6.84. The van der Waals surface area contributed by atoms with E-state index < -0.39 is 39.5 Å². The third kappa shape index (κ3) is 2.85. The highest BCUT2D eigenvalue weighted by molar-refractivity contribution is 9.10. The predicted octanol–water partition coefficient (Wildman–Crippen LogP) is 2.10. The molecule has 0 aliphatic carbocycles. The summed E-state index contributed by atoms with van der Waals surface area (Å²) in [5, 5.41) is 11.9. The first-order valence-electron chi connectivity index (χ1n) is 8.46. The van der Waals surface area contributed by atoms with E-state index in [1.54, 1.807) is 32.9 Å². The lowest BCUT2D eigenvalue weighted by Gasteiger charge is -2.51. The smallest absolute Gasteiger partial charge is 0.327 e. The third-order valence-electron chi connectivity index (χ3n) is 5.11. The highest BCUT2D eigenvalue weighted by Gasteiger charge is 2.70. The van der Waals surface area contributed by atoms with Gasteiger partial charge < -0.3 is 24.8 Å². The number of hydrogen-bond donors (Lipinski definition) is 2. The van der Waals surface area contributed by atoms with Crippen LogP contribution in [0.5, 0.6) is 11.5 Å². The number of fused-ring (bicyclic) bond motifs is 1. The van der Waals surface area contributed by atoms with Crippen LogP contribution < -0.4 is 14.8 Å². The maximum absolute atomic E-state index is 13.1. The first-order chi connectivity index (χ1) is 13.0. The molecule has 0 radical (unpaired) electrons. The second-order valence-corrected chi connectivity index (χ2v) is 9.93. The Morgan fingerprint density at radius 1 is 1.25 bits per heavy atom. The van der Waals surface area contributed by atoms with Crippen molar-refractivity contribution in [1.82, 2.24) is 10.2 Å². The van der Waals surface area contributed by atoms with E-state index >= 15 is 0 Å². The Balaban J connectivity index is 1.94. The van der Waals surface area contributed by atoms with Crippen molar-refractivity contribution >= 4 is 45.5 Å². The van der Waals surface area contributed by atoms with E-state index in [0.29, 0.717) is 10.2 Å². The van der Waals surface area contributed by atoms with Crippen LogP contribution in [0, 0.1) is 0 Å². The van der Waals surface area contributed by atoms with Crippen LogP contribution in [0.4, 0.5) is 0 Å². The Morgan fingerprint density at radius 3 is 2.43 bits per heavy atom. The van der Waals surface area contributed by atoms with E-state index in [1.807, 2.05) is 0 Å². The number of β-lactam (4-membered cyclic amide) rings is 1. The molecule has 28 heavy (non-hydrogen) atoms. The second-order valence-electron chi connectivity index (χ2n) is 7.34. The summed E-state index contributed by atoms with van der Waals surface area (Å²) >= 11 is 4.70. The molecule has 1 aromatic rings. The molecule has 3 rings (SSSR count). The van der Waals surface area contributed by atoms with Gasteiger partial charge in [-0.15, -0.1) is 11.8 Å². The molecule has 0 aromatic heterocycles. The van der Waals surface area contributed by atoms with Crippen molar-refractivity contribution in [3.63, 3.8) is 0 Å². The summed E-state index contributed by atoms with van der Waals surface area (Å²) in [6.45, 7) is 5.17. The minimum atomic E-state index is -1.23. The van der Waals surface area contributed by atoms with Gasteiger partial charge in [-0.25, -0.2) is 4.79 Å². The van der Waals surface area contributed by atoms with Crippen molar-refractivity contribution in [2.45, 2.75) is 42.5 Å². The number of carboxylic acid groups (broad SMARTS) is 1. The van der Waals surface area contributed by atoms with Gasteiger partial charge in [-0.05, 0) is 48.8 Å². The van der Waals surface area contributed by atoms with Crippen molar-refractivity contribution in [2.24, 2.45) is 0 Å². The summed E-state index contributed by atoms with van der Waals surface area (Å²) in [6, 6.07) is 2.36. The molecular weight excluding hydrogens is 452 g/mol. The molecule has 3 atom stereocenters. The van der Waals surface area contributed by atoms with Crippen LogP contribution in [-0.2, 0) is 9.59 Å². The lowest BCUT2D eigenvalue weighted by molar-refractivity contribution is -0.165. The zero-order valence-electron chi connectivity index (χ0n) is 16.0. The average Bonchev–Trinajstić information content (AvgIpc) is 2.90. The van der Waals surface area contributed by atoms with E-state index in [9.17, 15) is 19.5 Å². The van der Waals surface area contributed by atoms with Gasteiger partial charge in [0.2, 0.25) is 0 Å². The fourth-order valence-corrected chi connectivity index (χ4v) is 5.90. The number of benzene rings is 1. The maximum Gasteiger partial charge on any atom is 0.327 e. The van der Waals surface area contributed by atoms with Gasteiger partial charge in [0, 0.05) is 4.75 Å². The predicted molar refractivity (Wildman–Crippen MR) is 107 cm³/mol. The molecule has 152 valence electrons. The van der Waals surface area contributed by atoms with Gasteiger partial charge in [-0.1, -0.05) is 0 Å². The molecule has 10 heteroatoms. The Kier molecular flexibility index (Phi) is 5.08. The van der Waals surface area contributed by atoms with Crippen molar-refractivity contribution in [2.75, 3.05) is 14.2 Å². The standard InChI is InChI=1S/C18H21BrN2O6S/c1-17(2)12(14(23)24)21-15(25)18(3,16(21)28-17)20-13(22)10-9(26-4)7-6-8(19)11(10)27-5/h6-7,12,16H,1-5H3,(H,20,22)(H,23,24)/t12-,16+,18?/m0/s1. The Hall–Kier alpha value is -1.94. The first kappa shape index (κ1) is 20.8. The van der Waals surface area contributed by atoms with Gasteiger partial charge in [0.15, 0.2) is 0 Å². The highest BCUT2D eigenvalue weighted by Crippen LogP contribution is 2.54. The summed E-state index contributed by atoms with van der Waals surface area (Å²) in [7, 11) is 2.87. The molecule has 2 amide bonds. The van der Waals surface area contributed by atoms with Crippen molar-refractivity contribution in [3.8, 4) is 11.5 Å². The Labute approximate surface area is 175 Å². The van der Waals surface area contributed by atoms with Crippen LogP contribution in [0.3, 0.4) is 0 Å². The number of carbonyl (C=O) groups is 3. The number of ether oxygens (including phenoxy) is 2. The lowest BCUT2D eigenvalue weighted by atomic mass is 9.86. The van der Waals surface area contributed by atoms with Crippen LogP contribution in [0.2, 0.25) is 0 Å². The van der Waals surface area contributed by atoms with Crippen molar-refractivity contribution in [1.29, 1.82) is 0 Å². The summed E-state index contributed by atoms with van der Waals surface area (Å²) < 4.78 is 10.5. The lowest BCUT2D eigenvalue weighted by Crippen LogP contribution is -2.78. The summed E-state index contributed by atoms with van der Waals surface area (Å²) in [6.07, 6.45) is 0. The molecule has 2 saturated heterocycles. The fourth-order valence-electron chi connectivity index (χ4n) is 3.76. The van der Waals surface area contributed by atoms with Crippen LogP contribution in [0.1, 0.15) is 31.1 Å². The van der Waals surface area contributed by atoms with Gasteiger partial charge in [0.25, 0.3) is 11.8 Å². The summed E-state index contributed by atoms with van der Waals surface area (Å²) in [5.74, 6) is -1.44. The summed E-state index contributed by atoms with van der Waals surface area (Å²) in [5.41, 5.74) is -1.08. The minimum Gasteiger partial charge on any atom is -0.496 e. The highest BCUT2D eigenvalue weighted by atomic mass is 79.9. The van der Waals surface area contributed by atoms with Crippen LogP contribution in [0.15, 0.2) is 16.6 Å². The van der Waals surface area contributed by atoms with Gasteiger partial charge in [-0.3, -0.25) is 9.59 Å². The largest absolute Gasteiger partial charge is 0.496 e. The number of hydrogen-bond acceptors (Lipinski definition) is 6. The van der Waals surface area contributed by atoms with Gasteiger partial charge in [0.05, 0.1) is 18.7 Å². The van der Waals surface area contributed by atoms with E-state index in [1.165, 1.54) is 30.9 Å². The molecule has 0 spiro atoms. The van der Waals surface area contributed by atoms with Crippen molar-refractivity contribution in [3.05, 3.63) is 22.2 Å². The molecule has 1 unspecified atom stereocenters. The molecule has 2 fully saturated rings. The SMILES string of the molecule is COc1ccc(Br)c(OC)c1C(=O)NC1(C)C(=O)N2[C@@H](C(=O)O)C(C)(C)S[C@@H]21. The first-order valence-corrected chi connectivity index (χ1v) is 10.1. The van der Waals surface area contributed by atoms with Gasteiger partial charge in [0.1, 0.15) is 34.0 Å². The number of methoxy groups -OCH3 is 2. The molecule has 0 saturated carbocycles. The molecular formula is C18H21BrN2O6S. The van der Waals surface area contributed by atoms with Gasteiger partial charge in [-0.2, -0.15) is 0 Å². The molecule has 8 nitrogen and oxygen atoms in total. The Morgan fingerprint density at radius 2 is 1.89 bits per heavy atom. The number of carbonyl (C=O) groups excluding carboxylic acids is 2. The number of rotatable bonds is 5. The number of aliphatic carboxylic acids is 1. The van der Waals surface area contributed by atoms with Crippen LogP contribution in [0.25, 0.3) is 0 Å². The molecule has 2 aliphatic rings. The number of carboxylic acids is 1. The van der Waals surface area contributed by atoms with Crippen LogP contribution in [-0.4, -0.2) is 63.7 Å². The average molecular weight is 473 g/mol. The number of nitrogens with zero attached hydrogens (tertiary/aromatic N) is 1. The molecule has 2 N–H and O–H groups in total. The number of amides is 2. The third-order valence-corrected chi connectivity index (χ3v) is 7.48.